The zero-order chi connectivity index (χ0) is 22.2. The predicted molar refractivity (Wildman–Crippen MR) is 110 cm³/mol. The summed E-state index contributed by atoms with van der Waals surface area (Å²) in [4.78, 5) is 14.3. The SMILES string of the molecule is CN1CC=C2C(C#N)=C(NC(=O)CCl)C(C#N)(C#N)[C@H](c3ccc4c(c3)OCO4)[C@@H]2C1. The highest BCUT2D eigenvalue weighted by molar-refractivity contribution is 6.27. The molecule has 8 nitrogen and oxygen atoms in total. The van der Waals surface area contributed by atoms with Crippen molar-refractivity contribution in [2.24, 2.45) is 11.3 Å². The van der Waals surface area contributed by atoms with Crippen molar-refractivity contribution >= 4 is 17.5 Å². The first kappa shape index (κ1) is 20.8. The number of nitrogens with one attached hydrogen (secondary N) is 1. The molecule has 31 heavy (non-hydrogen) atoms. The summed E-state index contributed by atoms with van der Waals surface area (Å²) in [6, 6.07) is 11.7. The van der Waals surface area contributed by atoms with Crippen molar-refractivity contribution in [1.82, 2.24) is 10.2 Å². The van der Waals surface area contributed by atoms with Crippen molar-refractivity contribution in [3.63, 3.8) is 0 Å². The van der Waals surface area contributed by atoms with E-state index in [1.807, 2.05) is 13.1 Å². The third-order valence-electron chi connectivity index (χ3n) is 5.94. The molecular formula is C22H18ClN5O3. The number of carbonyl (C=O) groups excluding carboxylic acids is 1. The molecule has 2 heterocycles. The minimum Gasteiger partial charge on any atom is -0.454 e. The minimum absolute atomic E-state index is 0.0135. The Bertz CT molecular complexity index is 1120. The van der Waals surface area contributed by atoms with Crippen molar-refractivity contribution in [2.75, 3.05) is 32.8 Å². The summed E-state index contributed by atoms with van der Waals surface area (Å²) in [5.74, 6) is -0.818. The van der Waals surface area contributed by atoms with Crippen LogP contribution in [0.2, 0.25) is 0 Å². The number of fused-ring (bicyclic) bond motifs is 2. The fourth-order valence-corrected chi connectivity index (χ4v) is 4.67. The van der Waals surface area contributed by atoms with Gasteiger partial charge >= 0.3 is 0 Å². The molecule has 0 bridgehead atoms. The van der Waals surface area contributed by atoms with Gasteiger partial charge in [0.1, 0.15) is 11.9 Å². The quantitative estimate of drug-likeness (QED) is 0.721. The lowest BCUT2D eigenvalue weighted by atomic mass is 9.58. The van der Waals surface area contributed by atoms with Gasteiger partial charge in [0, 0.05) is 24.9 Å². The molecule has 0 spiro atoms. The average Bonchev–Trinajstić information content (AvgIpc) is 3.26. The van der Waals surface area contributed by atoms with Crippen molar-refractivity contribution in [3.8, 4) is 29.7 Å². The van der Waals surface area contributed by atoms with Crippen molar-refractivity contribution in [2.45, 2.75) is 5.92 Å². The van der Waals surface area contributed by atoms with E-state index in [1.165, 1.54) is 0 Å². The zero-order valence-corrected chi connectivity index (χ0v) is 17.4. The van der Waals surface area contributed by atoms with Gasteiger partial charge in [-0.3, -0.25) is 4.79 Å². The predicted octanol–water partition coefficient (Wildman–Crippen LogP) is 2.17. The highest BCUT2D eigenvalue weighted by atomic mass is 35.5. The van der Waals surface area contributed by atoms with Gasteiger partial charge in [-0.15, -0.1) is 11.6 Å². The van der Waals surface area contributed by atoms with Crippen LogP contribution in [0.5, 0.6) is 11.5 Å². The smallest absolute Gasteiger partial charge is 0.239 e. The molecule has 3 aliphatic rings. The molecule has 1 amide bonds. The maximum absolute atomic E-state index is 12.2. The Labute approximate surface area is 184 Å². The lowest BCUT2D eigenvalue weighted by Gasteiger charge is -2.45. The van der Waals surface area contributed by atoms with Crippen molar-refractivity contribution < 1.29 is 14.3 Å². The Morgan fingerprint density at radius 1 is 1.29 bits per heavy atom. The maximum Gasteiger partial charge on any atom is 0.239 e. The van der Waals surface area contributed by atoms with Crippen LogP contribution in [0.4, 0.5) is 0 Å². The van der Waals surface area contributed by atoms with Gasteiger partial charge in [0.2, 0.25) is 12.7 Å². The second kappa shape index (κ2) is 7.96. The number of rotatable bonds is 3. The van der Waals surface area contributed by atoms with E-state index in [1.54, 1.807) is 18.2 Å². The highest BCUT2D eigenvalue weighted by Crippen LogP contribution is 2.55. The van der Waals surface area contributed by atoms with Crippen LogP contribution in [0.15, 0.2) is 41.1 Å². The van der Waals surface area contributed by atoms with Crippen LogP contribution in [0.25, 0.3) is 0 Å². The molecule has 0 unspecified atom stereocenters. The molecular weight excluding hydrogens is 418 g/mol. The summed E-state index contributed by atoms with van der Waals surface area (Å²) in [6.07, 6.45) is 1.91. The van der Waals surface area contributed by atoms with E-state index >= 15 is 0 Å². The Balaban J connectivity index is 1.99. The molecule has 1 aromatic carbocycles. The number of hydrogen-bond donors (Lipinski definition) is 1. The molecule has 0 aromatic heterocycles. The van der Waals surface area contributed by atoms with Crippen LogP contribution in [0.1, 0.15) is 11.5 Å². The van der Waals surface area contributed by atoms with Gasteiger partial charge in [-0.05, 0) is 30.3 Å². The number of halogens is 1. The normalized spacial score (nSPS) is 23.6. The standard InChI is InChI=1S/C22H18ClN5O3/c1-28-5-4-14-15(8-24)21(27-19(29)7-23)22(10-25,11-26)20(16(14)9-28)13-2-3-17-18(6-13)31-12-30-17/h2-4,6,16,20H,5,7,9,12H2,1H3,(H,27,29)/t16-,20-/m1/s1. The van der Waals surface area contributed by atoms with Gasteiger partial charge in [-0.1, -0.05) is 12.1 Å². The second-order valence-corrected chi connectivity index (χ2v) is 7.92. The number of carbonyl (C=O) groups is 1. The number of nitrogens with zero attached hydrogens (tertiary/aromatic N) is 4. The van der Waals surface area contributed by atoms with Crippen LogP contribution in [-0.2, 0) is 4.79 Å². The first-order valence-corrected chi connectivity index (χ1v) is 10.1. The maximum atomic E-state index is 12.2. The monoisotopic (exact) mass is 435 g/mol. The number of alkyl halides is 1. The van der Waals surface area contributed by atoms with E-state index in [4.69, 9.17) is 21.1 Å². The zero-order valence-electron chi connectivity index (χ0n) is 16.7. The van der Waals surface area contributed by atoms with Crippen LogP contribution in [-0.4, -0.2) is 43.6 Å². The van der Waals surface area contributed by atoms with E-state index in [0.29, 0.717) is 35.7 Å². The molecule has 9 heteroatoms. The van der Waals surface area contributed by atoms with E-state index in [9.17, 15) is 20.6 Å². The molecule has 0 saturated carbocycles. The highest BCUT2D eigenvalue weighted by Gasteiger charge is 2.55. The average molecular weight is 436 g/mol. The summed E-state index contributed by atoms with van der Waals surface area (Å²) in [5, 5.41) is 33.2. The molecule has 1 aromatic rings. The Morgan fingerprint density at radius 2 is 2.03 bits per heavy atom. The molecule has 2 aliphatic heterocycles. The van der Waals surface area contributed by atoms with Gasteiger partial charge in [0.15, 0.2) is 16.9 Å². The third-order valence-corrected chi connectivity index (χ3v) is 6.18. The number of allylic oxidation sites excluding steroid dienone is 2. The first-order chi connectivity index (χ1) is 15.0. The fourth-order valence-electron chi connectivity index (χ4n) is 4.60. The van der Waals surface area contributed by atoms with Gasteiger partial charge in [0.05, 0.1) is 23.4 Å². The largest absolute Gasteiger partial charge is 0.454 e. The lowest BCUT2D eigenvalue weighted by molar-refractivity contribution is -0.118. The molecule has 2 atom stereocenters. The van der Waals surface area contributed by atoms with E-state index < -0.39 is 17.2 Å². The van der Waals surface area contributed by atoms with Crippen molar-refractivity contribution in [1.29, 1.82) is 15.8 Å². The van der Waals surface area contributed by atoms with Gasteiger partial charge in [0.25, 0.3) is 0 Å². The van der Waals surface area contributed by atoms with E-state index in [-0.39, 0.29) is 29.9 Å². The van der Waals surface area contributed by atoms with Gasteiger partial charge in [-0.2, -0.15) is 15.8 Å². The molecule has 1 aliphatic carbocycles. The number of hydrogen-bond acceptors (Lipinski definition) is 7. The number of amides is 1. The van der Waals surface area contributed by atoms with Crippen LogP contribution >= 0.6 is 11.6 Å². The second-order valence-electron chi connectivity index (χ2n) is 7.65. The molecule has 0 saturated heterocycles. The van der Waals surface area contributed by atoms with E-state index in [0.717, 1.165) is 0 Å². The van der Waals surface area contributed by atoms with Gasteiger partial charge in [-0.25, -0.2) is 0 Å². The van der Waals surface area contributed by atoms with E-state index in [2.05, 4.69) is 28.4 Å². The molecule has 0 fully saturated rings. The number of ether oxygens (including phenoxy) is 2. The van der Waals surface area contributed by atoms with Crippen molar-refractivity contribution in [3.05, 3.63) is 46.7 Å². The lowest BCUT2D eigenvalue weighted by Crippen LogP contribution is -2.49. The molecule has 4 rings (SSSR count). The summed E-state index contributed by atoms with van der Waals surface area (Å²) in [6.45, 7) is 1.24. The summed E-state index contributed by atoms with van der Waals surface area (Å²) in [5.41, 5.74) is -0.264. The molecule has 156 valence electrons. The molecule has 0 radical (unpaired) electrons. The third kappa shape index (κ3) is 3.20. The minimum atomic E-state index is -1.80. The molecule has 1 N–H and O–H groups in total. The van der Waals surface area contributed by atoms with Gasteiger partial charge < -0.3 is 19.7 Å². The van der Waals surface area contributed by atoms with Crippen LogP contribution in [0.3, 0.4) is 0 Å². The summed E-state index contributed by atoms with van der Waals surface area (Å²) < 4.78 is 10.9. The Morgan fingerprint density at radius 3 is 2.71 bits per heavy atom. The number of benzene rings is 1. The summed E-state index contributed by atoms with van der Waals surface area (Å²) in [7, 11) is 1.94. The Kier molecular flexibility index (Phi) is 5.33. The number of nitriles is 3. The summed E-state index contributed by atoms with van der Waals surface area (Å²) >= 11 is 5.68. The fraction of sp³-hybridized carbons (Fsp3) is 0.364. The number of likely N-dealkylation sites (N-methyl/N-ethyl adjacent to an activating group) is 1. The van der Waals surface area contributed by atoms with Crippen LogP contribution in [0, 0.1) is 45.3 Å². The first-order valence-electron chi connectivity index (χ1n) is 9.60. The Hall–Kier alpha value is -3.51. The van der Waals surface area contributed by atoms with Crippen LogP contribution < -0.4 is 14.8 Å². The topological polar surface area (TPSA) is 122 Å².